The van der Waals surface area contributed by atoms with Gasteiger partial charge < -0.3 is 4.90 Å². The van der Waals surface area contributed by atoms with Crippen LogP contribution in [0.4, 0.5) is 0 Å². The molecule has 3 aromatic rings. The number of hydrogen-bond acceptors (Lipinski definition) is 2. The molecule has 0 aliphatic carbocycles. The van der Waals surface area contributed by atoms with E-state index in [9.17, 15) is 4.79 Å². The molecule has 0 radical (unpaired) electrons. The Morgan fingerprint density at radius 2 is 1.76 bits per heavy atom. The summed E-state index contributed by atoms with van der Waals surface area (Å²) in [5.74, 6) is 0.0534. The lowest BCUT2D eigenvalue weighted by atomic mass is 10.0. The van der Waals surface area contributed by atoms with E-state index in [1.165, 1.54) is 11.1 Å². The van der Waals surface area contributed by atoms with E-state index in [2.05, 4.69) is 49.3 Å². The highest BCUT2D eigenvalue weighted by Crippen LogP contribution is 2.24. The van der Waals surface area contributed by atoms with E-state index in [4.69, 9.17) is 0 Å². The van der Waals surface area contributed by atoms with Crippen molar-refractivity contribution in [1.82, 2.24) is 14.7 Å². The minimum atomic E-state index is 0.0534. The van der Waals surface area contributed by atoms with Gasteiger partial charge in [-0.05, 0) is 42.7 Å². The Bertz CT molecular complexity index is 928. The van der Waals surface area contributed by atoms with Crippen LogP contribution in [0.3, 0.4) is 0 Å². The molecule has 4 nitrogen and oxygen atoms in total. The average Bonchev–Trinajstić information content (AvgIpc) is 3.06. The molecule has 2 aromatic carbocycles. The zero-order chi connectivity index (χ0) is 17.4. The van der Waals surface area contributed by atoms with Gasteiger partial charge in [-0.3, -0.25) is 9.48 Å². The van der Waals surface area contributed by atoms with Crippen molar-refractivity contribution in [2.75, 3.05) is 6.54 Å². The molecule has 1 aliphatic heterocycles. The van der Waals surface area contributed by atoms with Gasteiger partial charge in [-0.2, -0.15) is 5.10 Å². The van der Waals surface area contributed by atoms with Gasteiger partial charge in [0.1, 0.15) is 5.69 Å². The van der Waals surface area contributed by atoms with Crippen molar-refractivity contribution >= 4 is 5.91 Å². The van der Waals surface area contributed by atoms with Crippen molar-refractivity contribution in [3.8, 4) is 11.3 Å². The fraction of sp³-hybridized carbons (Fsp3) is 0.238. The summed E-state index contributed by atoms with van der Waals surface area (Å²) in [6, 6.07) is 18.3. The van der Waals surface area contributed by atoms with Crippen LogP contribution in [0.5, 0.6) is 0 Å². The van der Waals surface area contributed by atoms with E-state index in [-0.39, 0.29) is 5.91 Å². The highest BCUT2D eigenvalue weighted by atomic mass is 16.2. The van der Waals surface area contributed by atoms with Gasteiger partial charge in [-0.25, -0.2) is 0 Å². The summed E-state index contributed by atoms with van der Waals surface area (Å²) in [7, 11) is 0. The molecule has 0 N–H and O–H groups in total. The lowest BCUT2D eigenvalue weighted by Crippen LogP contribution is -2.39. The molecule has 126 valence electrons. The van der Waals surface area contributed by atoms with Gasteiger partial charge in [0.2, 0.25) is 0 Å². The second kappa shape index (κ2) is 6.20. The molecule has 0 saturated carbocycles. The third-order valence-corrected chi connectivity index (χ3v) is 4.89. The van der Waals surface area contributed by atoms with Gasteiger partial charge in [0.15, 0.2) is 0 Å². The molecule has 0 saturated heterocycles. The van der Waals surface area contributed by atoms with Crippen LogP contribution < -0.4 is 0 Å². The normalized spacial score (nSPS) is 13.8. The van der Waals surface area contributed by atoms with Crippen molar-refractivity contribution in [2.24, 2.45) is 0 Å². The summed E-state index contributed by atoms with van der Waals surface area (Å²) in [4.78, 5) is 14.8. The van der Waals surface area contributed by atoms with E-state index in [0.717, 1.165) is 23.4 Å². The Morgan fingerprint density at radius 3 is 2.52 bits per heavy atom. The number of rotatable bonds is 3. The predicted molar refractivity (Wildman–Crippen MR) is 98.3 cm³/mol. The highest BCUT2D eigenvalue weighted by molar-refractivity contribution is 5.94. The average molecular weight is 331 g/mol. The Morgan fingerprint density at radius 1 is 0.960 bits per heavy atom. The molecule has 2 heterocycles. The molecular formula is C21H21N3O. The highest BCUT2D eigenvalue weighted by Gasteiger charge is 2.26. The van der Waals surface area contributed by atoms with E-state index in [1.807, 2.05) is 33.8 Å². The van der Waals surface area contributed by atoms with Crippen LogP contribution in [0.2, 0.25) is 0 Å². The molecule has 1 aliphatic rings. The fourth-order valence-electron chi connectivity index (χ4n) is 3.23. The molecule has 4 heteroatoms. The number of amides is 1. The topological polar surface area (TPSA) is 38.1 Å². The number of benzene rings is 2. The standard InChI is InChI=1S/C21H21N3O/c1-15-8-9-18(12-16(15)2)19-13-20-21(25)23(10-11-24(20)22-19)14-17-6-4-3-5-7-17/h3-9,12-13H,10-11,14H2,1-2H3. The van der Waals surface area contributed by atoms with Crippen LogP contribution in [0, 0.1) is 13.8 Å². The molecule has 4 rings (SSSR count). The molecule has 0 fully saturated rings. The molecular weight excluding hydrogens is 310 g/mol. The molecule has 1 amide bonds. The van der Waals surface area contributed by atoms with Crippen molar-refractivity contribution in [2.45, 2.75) is 26.9 Å². The number of carbonyl (C=O) groups is 1. The van der Waals surface area contributed by atoms with Crippen LogP contribution in [0.1, 0.15) is 27.2 Å². The van der Waals surface area contributed by atoms with Crippen LogP contribution in [-0.2, 0) is 13.1 Å². The molecule has 0 unspecified atom stereocenters. The van der Waals surface area contributed by atoms with Crippen LogP contribution in [0.15, 0.2) is 54.6 Å². The first-order chi connectivity index (χ1) is 12.1. The number of carbonyl (C=O) groups excluding carboxylic acids is 1. The number of nitrogens with zero attached hydrogens (tertiary/aromatic N) is 3. The van der Waals surface area contributed by atoms with Crippen LogP contribution >= 0.6 is 0 Å². The summed E-state index contributed by atoms with van der Waals surface area (Å²) < 4.78 is 1.84. The Balaban J connectivity index is 1.61. The molecule has 1 aromatic heterocycles. The summed E-state index contributed by atoms with van der Waals surface area (Å²) in [6.07, 6.45) is 0. The van der Waals surface area contributed by atoms with Gasteiger partial charge in [-0.15, -0.1) is 0 Å². The van der Waals surface area contributed by atoms with Crippen LogP contribution in [-0.4, -0.2) is 27.1 Å². The zero-order valence-electron chi connectivity index (χ0n) is 14.6. The number of aryl methyl sites for hydroxylation is 2. The van der Waals surface area contributed by atoms with E-state index in [0.29, 0.717) is 18.8 Å². The Labute approximate surface area is 147 Å². The molecule has 0 bridgehead atoms. The zero-order valence-corrected chi connectivity index (χ0v) is 14.6. The predicted octanol–water partition coefficient (Wildman–Crippen LogP) is 3.82. The largest absolute Gasteiger partial charge is 0.331 e. The Kier molecular flexibility index (Phi) is 3.88. The second-order valence-electron chi connectivity index (χ2n) is 6.65. The van der Waals surface area contributed by atoms with Crippen molar-refractivity contribution < 1.29 is 4.79 Å². The maximum absolute atomic E-state index is 12.9. The first-order valence-electron chi connectivity index (χ1n) is 8.60. The summed E-state index contributed by atoms with van der Waals surface area (Å²) in [5, 5.41) is 4.65. The number of fused-ring (bicyclic) bond motifs is 1. The summed E-state index contributed by atoms with van der Waals surface area (Å²) in [5.41, 5.74) is 6.26. The summed E-state index contributed by atoms with van der Waals surface area (Å²) >= 11 is 0. The second-order valence-corrected chi connectivity index (χ2v) is 6.65. The minimum Gasteiger partial charge on any atom is -0.331 e. The van der Waals surface area contributed by atoms with Gasteiger partial charge in [0.25, 0.3) is 5.91 Å². The van der Waals surface area contributed by atoms with E-state index in [1.54, 1.807) is 0 Å². The smallest absolute Gasteiger partial charge is 0.272 e. The van der Waals surface area contributed by atoms with Gasteiger partial charge >= 0.3 is 0 Å². The third kappa shape index (κ3) is 2.95. The molecule has 0 spiro atoms. The van der Waals surface area contributed by atoms with Crippen LogP contribution in [0.25, 0.3) is 11.3 Å². The third-order valence-electron chi connectivity index (χ3n) is 4.89. The monoisotopic (exact) mass is 331 g/mol. The fourth-order valence-corrected chi connectivity index (χ4v) is 3.23. The molecule has 25 heavy (non-hydrogen) atoms. The number of aromatic nitrogens is 2. The van der Waals surface area contributed by atoms with Crippen molar-refractivity contribution in [1.29, 1.82) is 0 Å². The lowest BCUT2D eigenvalue weighted by molar-refractivity contribution is 0.0683. The lowest BCUT2D eigenvalue weighted by Gasteiger charge is -2.27. The number of hydrogen-bond donors (Lipinski definition) is 0. The van der Waals surface area contributed by atoms with Gasteiger partial charge in [0, 0.05) is 18.7 Å². The first-order valence-corrected chi connectivity index (χ1v) is 8.60. The maximum atomic E-state index is 12.9. The minimum absolute atomic E-state index is 0.0534. The van der Waals surface area contributed by atoms with E-state index >= 15 is 0 Å². The SMILES string of the molecule is Cc1ccc(-c2cc3n(n2)CCN(Cc2ccccc2)C3=O)cc1C. The first kappa shape index (κ1) is 15.6. The van der Waals surface area contributed by atoms with Crippen molar-refractivity contribution in [3.63, 3.8) is 0 Å². The quantitative estimate of drug-likeness (QED) is 0.732. The Hall–Kier alpha value is -2.88. The maximum Gasteiger partial charge on any atom is 0.272 e. The van der Waals surface area contributed by atoms with Gasteiger partial charge in [-0.1, -0.05) is 42.5 Å². The summed E-state index contributed by atoms with van der Waals surface area (Å²) in [6.45, 7) is 6.27. The molecule has 0 atom stereocenters. The van der Waals surface area contributed by atoms with E-state index < -0.39 is 0 Å². The van der Waals surface area contributed by atoms with Crippen molar-refractivity contribution in [3.05, 3.63) is 77.0 Å². The van der Waals surface area contributed by atoms with Gasteiger partial charge in [0.05, 0.1) is 12.2 Å².